The first-order valence-corrected chi connectivity index (χ1v) is 7.96. The Morgan fingerprint density at radius 1 is 1.08 bits per heavy atom. The normalized spacial score (nSPS) is 17.1. The SMILES string of the molecule is COc1ccc(-c2ccc3ncnc(O[C@H]4CCNC4)c3c2)cn1. The number of nitrogens with zero attached hydrogens (tertiary/aromatic N) is 3. The van der Waals surface area contributed by atoms with Crippen LogP contribution in [0, 0.1) is 0 Å². The van der Waals surface area contributed by atoms with E-state index < -0.39 is 0 Å². The summed E-state index contributed by atoms with van der Waals surface area (Å²) < 4.78 is 11.2. The predicted molar refractivity (Wildman–Crippen MR) is 91.2 cm³/mol. The van der Waals surface area contributed by atoms with E-state index in [-0.39, 0.29) is 6.10 Å². The molecule has 1 saturated heterocycles. The van der Waals surface area contributed by atoms with Gasteiger partial charge in [0, 0.05) is 24.4 Å². The fraction of sp³-hybridized carbons (Fsp3) is 0.278. The maximum absolute atomic E-state index is 6.07. The topological polar surface area (TPSA) is 69.2 Å². The minimum Gasteiger partial charge on any atom is -0.481 e. The third-order valence-electron chi connectivity index (χ3n) is 4.17. The first kappa shape index (κ1) is 14.8. The second-order valence-electron chi connectivity index (χ2n) is 5.73. The van der Waals surface area contributed by atoms with Crippen molar-refractivity contribution in [3.63, 3.8) is 0 Å². The van der Waals surface area contributed by atoms with Crippen molar-refractivity contribution in [2.75, 3.05) is 20.2 Å². The number of methoxy groups -OCH3 is 1. The Morgan fingerprint density at radius 3 is 2.75 bits per heavy atom. The molecule has 0 radical (unpaired) electrons. The van der Waals surface area contributed by atoms with Gasteiger partial charge in [-0.05, 0) is 36.7 Å². The monoisotopic (exact) mass is 322 g/mol. The smallest absolute Gasteiger partial charge is 0.224 e. The van der Waals surface area contributed by atoms with Gasteiger partial charge in [0.25, 0.3) is 0 Å². The molecule has 122 valence electrons. The number of hydrogen-bond donors (Lipinski definition) is 1. The van der Waals surface area contributed by atoms with Gasteiger partial charge < -0.3 is 14.8 Å². The van der Waals surface area contributed by atoms with Crippen LogP contribution in [0.15, 0.2) is 42.9 Å². The van der Waals surface area contributed by atoms with Crippen molar-refractivity contribution >= 4 is 10.9 Å². The maximum Gasteiger partial charge on any atom is 0.224 e. The van der Waals surface area contributed by atoms with Crippen molar-refractivity contribution in [3.05, 3.63) is 42.9 Å². The molecule has 0 aliphatic carbocycles. The highest BCUT2D eigenvalue weighted by molar-refractivity contribution is 5.88. The molecule has 0 unspecified atom stereocenters. The Kier molecular flexibility index (Phi) is 3.96. The lowest BCUT2D eigenvalue weighted by Gasteiger charge is -2.13. The summed E-state index contributed by atoms with van der Waals surface area (Å²) in [7, 11) is 1.61. The van der Waals surface area contributed by atoms with Gasteiger partial charge in [-0.3, -0.25) is 0 Å². The van der Waals surface area contributed by atoms with Gasteiger partial charge in [0.2, 0.25) is 11.8 Å². The van der Waals surface area contributed by atoms with Crippen molar-refractivity contribution in [2.45, 2.75) is 12.5 Å². The summed E-state index contributed by atoms with van der Waals surface area (Å²) in [5, 5.41) is 4.21. The molecular formula is C18H18N4O2. The standard InChI is InChI=1S/C18H18N4O2/c1-23-17-5-3-13(9-20-17)12-2-4-16-15(8-12)18(22-11-21-16)24-14-6-7-19-10-14/h2-5,8-9,11,14,19H,6-7,10H2,1H3/t14-/m0/s1. The van der Waals surface area contributed by atoms with Crippen molar-refractivity contribution in [3.8, 4) is 22.9 Å². The molecule has 6 nitrogen and oxygen atoms in total. The van der Waals surface area contributed by atoms with Crippen molar-refractivity contribution in [1.29, 1.82) is 0 Å². The Bertz CT molecular complexity index is 845. The van der Waals surface area contributed by atoms with Crippen molar-refractivity contribution < 1.29 is 9.47 Å². The summed E-state index contributed by atoms with van der Waals surface area (Å²) in [6.07, 6.45) is 4.50. The minimum absolute atomic E-state index is 0.161. The van der Waals surface area contributed by atoms with Crippen molar-refractivity contribution in [1.82, 2.24) is 20.3 Å². The van der Waals surface area contributed by atoms with E-state index in [2.05, 4.69) is 26.3 Å². The fourth-order valence-corrected chi connectivity index (χ4v) is 2.86. The number of fused-ring (bicyclic) bond motifs is 1. The summed E-state index contributed by atoms with van der Waals surface area (Å²) in [5.74, 6) is 1.23. The lowest BCUT2D eigenvalue weighted by Crippen LogP contribution is -2.20. The molecule has 1 fully saturated rings. The van der Waals surface area contributed by atoms with Gasteiger partial charge in [-0.2, -0.15) is 0 Å². The predicted octanol–water partition coefficient (Wildman–Crippen LogP) is 2.44. The average Bonchev–Trinajstić information content (AvgIpc) is 3.15. The van der Waals surface area contributed by atoms with E-state index in [0.29, 0.717) is 11.8 Å². The van der Waals surface area contributed by atoms with E-state index in [1.54, 1.807) is 19.6 Å². The number of hydrogen-bond acceptors (Lipinski definition) is 6. The van der Waals surface area contributed by atoms with Crippen LogP contribution < -0.4 is 14.8 Å². The Balaban J connectivity index is 1.72. The molecule has 1 aliphatic rings. The van der Waals surface area contributed by atoms with Crippen molar-refractivity contribution in [2.24, 2.45) is 0 Å². The van der Waals surface area contributed by atoms with E-state index in [9.17, 15) is 0 Å². The fourth-order valence-electron chi connectivity index (χ4n) is 2.86. The molecule has 6 heteroatoms. The van der Waals surface area contributed by atoms with E-state index in [1.807, 2.05) is 24.3 Å². The van der Waals surface area contributed by atoms with Gasteiger partial charge >= 0.3 is 0 Å². The van der Waals surface area contributed by atoms with Crippen LogP contribution in [-0.4, -0.2) is 41.3 Å². The van der Waals surface area contributed by atoms with Crippen LogP contribution in [-0.2, 0) is 0 Å². The van der Waals surface area contributed by atoms with Crippen LogP contribution in [0.1, 0.15) is 6.42 Å². The summed E-state index contributed by atoms with van der Waals surface area (Å²) >= 11 is 0. The molecule has 1 atom stereocenters. The summed E-state index contributed by atoms with van der Waals surface area (Å²) in [5.41, 5.74) is 2.92. The number of pyridine rings is 1. The Hall–Kier alpha value is -2.73. The lowest BCUT2D eigenvalue weighted by molar-refractivity contribution is 0.217. The second kappa shape index (κ2) is 6.41. The van der Waals surface area contributed by atoms with E-state index in [0.717, 1.165) is 41.5 Å². The largest absolute Gasteiger partial charge is 0.481 e. The molecule has 0 amide bonds. The van der Waals surface area contributed by atoms with Crippen LogP contribution in [0.4, 0.5) is 0 Å². The zero-order valence-electron chi connectivity index (χ0n) is 13.4. The first-order valence-electron chi connectivity index (χ1n) is 7.96. The van der Waals surface area contributed by atoms with E-state index >= 15 is 0 Å². The second-order valence-corrected chi connectivity index (χ2v) is 5.73. The summed E-state index contributed by atoms with van der Waals surface area (Å²) in [6.45, 7) is 1.84. The highest BCUT2D eigenvalue weighted by Gasteiger charge is 2.18. The number of benzene rings is 1. The number of rotatable bonds is 4. The molecule has 0 spiro atoms. The summed E-state index contributed by atoms with van der Waals surface area (Å²) in [6, 6.07) is 9.90. The zero-order chi connectivity index (χ0) is 16.4. The number of aromatic nitrogens is 3. The molecule has 2 aromatic heterocycles. The highest BCUT2D eigenvalue weighted by atomic mass is 16.5. The van der Waals surface area contributed by atoms with Crippen LogP contribution in [0.5, 0.6) is 11.8 Å². The Labute approximate surface area is 139 Å². The van der Waals surface area contributed by atoms with Gasteiger partial charge in [-0.1, -0.05) is 6.07 Å². The van der Waals surface area contributed by atoms with Gasteiger partial charge in [0.1, 0.15) is 12.4 Å². The van der Waals surface area contributed by atoms with Crippen LogP contribution in [0.25, 0.3) is 22.0 Å². The van der Waals surface area contributed by atoms with Gasteiger partial charge in [0.15, 0.2) is 0 Å². The molecule has 24 heavy (non-hydrogen) atoms. The first-order chi connectivity index (χ1) is 11.8. The van der Waals surface area contributed by atoms with Gasteiger partial charge in [-0.25, -0.2) is 15.0 Å². The Morgan fingerprint density at radius 2 is 2.00 bits per heavy atom. The molecule has 0 saturated carbocycles. The third kappa shape index (κ3) is 2.88. The number of nitrogens with one attached hydrogen (secondary N) is 1. The quantitative estimate of drug-likeness (QED) is 0.796. The third-order valence-corrected chi connectivity index (χ3v) is 4.17. The highest BCUT2D eigenvalue weighted by Crippen LogP contribution is 2.29. The average molecular weight is 322 g/mol. The van der Waals surface area contributed by atoms with E-state index in [4.69, 9.17) is 9.47 Å². The molecular weight excluding hydrogens is 304 g/mol. The summed E-state index contributed by atoms with van der Waals surface area (Å²) in [4.78, 5) is 12.9. The molecule has 1 aromatic carbocycles. The maximum atomic E-state index is 6.07. The van der Waals surface area contributed by atoms with Gasteiger partial charge in [-0.15, -0.1) is 0 Å². The van der Waals surface area contributed by atoms with Crippen LogP contribution in [0.3, 0.4) is 0 Å². The van der Waals surface area contributed by atoms with Gasteiger partial charge in [0.05, 0.1) is 18.0 Å². The molecule has 3 heterocycles. The van der Waals surface area contributed by atoms with Crippen LogP contribution in [0.2, 0.25) is 0 Å². The number of ether oxygens (including phenoxy) is 2. The lowest BCUT2D eigenvalue weighted by atomic mass is 10.1. The molecule has 4 rings (SSSR count). The van der Waals surface area contributed by atoms with Crippen LogP contribution >= 0.6 is 0 Å². The molecule has 0 bridgehead atoms. The minimum atomic E-state index is 0.161. The molecule has 1 N–H and O–H groups in total. The molecule has 3 aromatic rings. The van der Waals surface area contributed by atoms with E-state index in [1.165, 1.54) is 0 Å². The molecule has 1 aliphatic heterocycles. The zero-order valence-corrected chi connectivity index (χ0v) is 13.4.